The maximum atomic E-state index is 6.07. The molecule has 4 aromatic carbocycles. The second-order valence-corrected chi connectivity index (χ2v) is 11.1. The lowest BCUT2D eigenvalue weighted by Crippen LogP contribution is -1.96. The number of benzene rings is 4. The average molecular weight is 672 g/mol. The van der Waals surface area contributed by atoms with Gasteiger partial charge in [0.05, 0.1) is 66.6 Å². The van der Waals surface area contributed by atoms with E-state index in [1.54, 1.807) is 36.4 Å². The van der Waals surface area contributed by atoms with Crippen LogP contribution in [0.3, 0.4) is 0 Å². The summed E-state index contributed by atoms with van der Waals surface area (Å²) in [6.07, 6.45) is 0. The van der Waals surface area contributed by atoms with Gasteiger partial charge in [0.1, 0.15) is 0 Å². The highest BCUT2D eigenvalue weighted by Crippen LogP contribution is 2.29. The largest absolute Gasteiger partial charge is 0.372 e. The van der Waals surface area contributed by atoms with Crippen LogP contribution in [0.1, 0.15) is 22.3 Å². The van der Waals surface area contributed by atoms with Crippen LogP contribution in [0.2, 0.25) is 40.2 Å². The maximum Gasteiger partial charge on any atom is 0.0736 e. The second-order valence-electron chi connectivity index (χ2n) is 7.91. The maximum absolute atomic E-state index is 6.07. The Morgan fingerprint density at radius 3 is 1.18 bits per heavy atom. The molecular formula is C28H20Cl8O2. The molecule has 38 heavy (non-hydrogen) atoms. The van der Waals surface area contributed by atoms with Crippen LogP contribution in [-0.2, 0) is 35.9 Å². The van der Waals surface area contributed by atoms with Crippen molar-refractivity contribution in [3.05, 3.63) is 135 Å². The third kappa shape index (κ3) is 9.64. The van der Waals surface area contributed by atoms with Crippen molar-refractivity contribution in [3.8, 4) is 0 Å². The minimum atomic E-state index is 0.363. The summed E-state index contributed by atoms with van der Waals surface area (Å²) in [7, 11) is 0. The molecule has 2 nitrogen and oxygen atoms in total. The van der Waals surface area contributed by atoms with E-state index in [9.17, 15) is 0 Å². The van der Waals surface area contributed by atoms with E-state index >= 15 is 0 Å². The van der Waals surface area contributed by atoms with E-state index in [4.69, 9.17) is 102 Å². The number of ether oxygens (including phenoxy) is 2. The Hall–Kier alpha value is -0.880. The Morgan fingerprint density at radius 1 is 0.395 bits per heavy atom. The van der Waals surface area contributed by atoms with Crippen LogP contribution < -0.4 is 0 Å². The van der Waals surface area contributed by atoms with Gasteiger partial charge < -0.3 is 9.47 Å². The summed E-state index contributed by atoms with van der Waals surface area (Å²) < 4.78 is 11.2. The zero-order valence-corrected chi connectivity index (χ0v) is 25.6. The smallest absolute Gasteiger partial charge is 0.0736 e. The van der Waals surface area contributed by atoms with E-state index in [0.29, 0.717) is 66.6 Å². The minimum absolute atomic E-state index is 0.363. The van der Waals surface area contributed by atoms with Crippen molar-refractivity contribution in [2.24, 2.45) is 0 Å². The van der Waals surface area contributed by atoms with E-state index < -0.39 is 0 Å². The molecule has 0 radical (unpaired) electrons. The molecule has 0 aliphatic carbocycles. The van der Waals surface area contributed by atoms with Crippen LogP contribution in [0.5, 0.6) is 0 Å². The van der Waals surface area contributed by atoms with E-state index in [1.165, 1.54) is 0 Å². The first-order chi connectivity index (χ1) is 18.2. The lowest BCUT2D eigenvalue weighted by atomic mass is 10.2. The number of hydrogen-bond donors (Lipinski definition) is 0. The normalized spacial score (nSPS) is 10.7. The van der Waals surface area contributed by atoms with Gasteiger partial charge in [-0.15, -0.1) is 0 Å². The van der Waals surface area contributed by atoms with E-state index in [-0.39, 0.29) is 0 Å². The summed E-state index contributed by atoms with van der Waals surface area (Å²) in [4.78, 5) is 0. The zero-order valence-electron chi connectivity index (χ0n) is 19.6. The molecule has 0 aliphatic rings. The van der Waals surface area contributed by atoms with Gasteiger partial charge in [0.25, 0.3) is 0 Å². The van der Waals surface area contributed by atoms with Crippen molar-refractivity contribution in [1.82, 2.24) is 0 Å². The summed E-state index contributed by atoms with van der Waals surface area (Å²) in [5.41, 5.74) is 3.61. The van der Waals surface area contributed by atoms with Gasteiger partial charge in [0, 0.05) is 0 Å². The molecule has 0 aromatic heterocycles. The van der Waals surface area contributed by atoms with Crippen molar-refractivity contribution in [2.75, 3.05) is 0 Å². The highest BCUT2D eigenvalue weighted by molar-refractivity contribution is 6.43. The Labute approximate surface area is 262 Å². The number of rotatable bonds is 8. The Kier molecular flexibility index (Phi) is 13.1. The molecule has 0 atom stereocenters. The molecule has 0 saturated carbocycles. The third-order valence-electron chi connectivity index (χ3n) is 5.08. The molecule has 0 aliphatic heterocycles. The Morgan fingerprint density at radius 2 is 0.789 bits per heavy atom. The molecule has 0 N–H and O–H groups in total. The van der Waals surface area contributed by atoms with E-state index in [0.717, 1.165) is 22.3 Å². The highest BCUT2D eigenvalue weighted by Gasteiger charge is 2.07. The van der Waals surface area contributed by atoms with Gasteiger partial charge in [0.2, 0.25) is 0 Å². The quantitative estimate of drug-likeness (QED) is 0.186. The van der Waals surface area contributed by atoms with Crippen LogP contribution >= 0.6 is 92.8 Å². The van der Waals surface area contributed by atoms with Gasteiger partial charge in [-0.05, 0) is 58.7 Å². The van der Waals surface area contributed by atoms with Gasteiger partial charge in [-0.1, -0.05) is 129 Å². The van der Waals surface area contributed by atoms with Gasteiger partial charge in [-0.2, -0.15) is 0 Å². The van der Waals surface area contributed by atoms with Crippen LogP contribution in [-0.4, -0.2) is 0 Å². The van der Waals surface area contributed by atoms with Gasteiger partial charge in [-0.3, -0.25) is 0 Å². The number of halogens is 8. The van der Waals surface area contributed by atoms with Crippen LogP contribution in [0.25, 0.3) is 0 Å². The fourth-order valence-corrected chi connectivity index (χ4v) is 4.53. The highest BCUT2D eigenvalue weighted by atomic mass is 35.5. The van der Waals surface area contributed by atoms with Crippen molar-refractivity contribution in [1.29, 1.82) is 0 Å². The van der Waals surface area contributed by atoms with Gasteiger partial charge in [-0.25, -0.2) is 0 Å². The summed E-state index contributed by atoms with van der Waals surface area (Å²) in [6, 6.07) is 21.7. The summed E-state index contributed by atoms with van der Waals surface area (Å²) in [6.45, 7) is 1.64. The molecule has 4 rings (SSSR count). The standard InChI is InChI=1S/2C14H10Cl4O/c15-11-3-1-9(5-13(11)17)7-19-8-10-2-4-12(16)14(18)6-10;15-11-5-1-3-9(13(11)17)7-19-8-10-4-2-6-12(16)14(10)18/h2*1-6H,7-8H2. The predicted molar refractivity (Wildman–Crippen MR) is 163 cm³/mol. The molecule has 0 saturated heterocycles. The zero-order chi connectivity index (χ0) is 27.7. The molecule has 0 bridgehead atoms. The second kappa shape index (κ2) is 15.8. The van der Waals surface area contributed by atoms with Crippen LogP contribution in [0, 0.1) is 0 Å². The summed E-state index contributed by atoms with van der Waals surface area (Å²) in [5, 5.41) is 4.19. The molecule has 0 amide bonds. The Balaban J connectivity index is 0.000000211. The SMILES string of the molecule is Clc1ccc(COCc2ccc(Cl)c(Cl)c2)cc1Cl.Clc1cccc(COCc2cccc(Cl)c2Cl)c1Cl. The molecule has 4 aromatic rings. The van der Waals surface area contributed by atoms with Gasteiger partial charge >= 0.3 is 0 Å². The van der Waals surface area contributed by atoms with Crippen molar-refractivity contribution < 1.29 is 9.47 Å². The predicted octanol–water partition coefficient (Wildman–Crippen LogP) is 12.0. The first-order valence-corrected chi connectivity index (χ1v) is 14.1. The first kappa shape index (κ1) is 31.6. The molecule has 0 spiro atoms. The molecule has 10 heteroatoms. The molecule has 200 valence electrons. The van der Waals surface area contributed by atoms with E-state index in [2.05, 4.69) is 0 Å². The molecule has 0 heterocycles. The summed E-state index contributed by atoms with van der Waals surface area (Å²) >= 11 is 47.5. The van der Waals surface area contributed by atoms with Crippen molar-refractivity contribution in [2.45, 2.75) is 26.4 Å². The fraction of sp³-hybridized carbons (Fsp3) is 0.143. The van der Waals surface area contributed by atoms with Crippen LogP contribution in [0.15, 0.2) is 72.8 Å². The lowest BCUT2D eigenvalue weighted by molar-refractivity contribution is 0.107. The fourth-order valence-electron chi connectivity index (χ4n) is 3.14. The first-order valence-electron chi connectivity index (χ1n) is 11.0. The molecular weight excluding hydrogens is 652 g/mol. The third-order valence-corrected chi connectivity index (χ3v) is 8.28. The lowest BCUT2D eigenvalue weighted by Gasteiger charge is -2.09. The monoisotopic (exact) mass is 668 g/mol. The topological polar surface area (TPSA) is 18.5 Å². The molecule has 0 unspecified atom stereocenters. The van der Waals surface area contributed by atoms with E-state index in [1.807, 2.05) is 36.4 Å². The van der Waals surface area contributed by atoms with Crippen molar-refractivity contribution >= 4 is 92.8 Å². The van der Waals surface area contributed by atoms with Crippen LogP contribution in [0.4, 0.5) is 0 Å². The summed E-state index contributed by atoms with van der Waals surface area (Å²) in [5.74, 6) is 0. The van der Waals surface area contributed by atoms with Crippen molar-refractivity contribution in [3.63, 3.8) is 0 Å². The number of hydrogen-bond acceptors (Lipinski definition) is 2. The minimum Gasteiger partial charge on any atom is -0.372 e. The van der Waals surface area contributed by atoms with Gasteiger partial charge in [0.15, 0.2) is 0 Å². The Bertz CT molecular complexity index is 1270. The average Bonchev–Trinajstić information content (AvgIpc) is 2.89. The molecule has 0 fully saturated rings.